The monoisotopic (exact) mass is 356 g/mol. The number of hydrogen-bond donors (Lipinski definition) is 0. The molecule has 0 amide bonds. The van der Waals surface area contributed by atoms with Crippen LogP contribution in [0.15, 0.2) is 84.9 Å². The Balaban J connectivity index is 2.07. The van der Waals surface area contributed by atoms with Gasteiger partial charge in [-0.3, -0.25) is 0 Å². The molecular weight excluding hydrogens is 336 g/mol. The van der Waals surface area contributed by atoms with Crippen LogP contribution in [-0.4, -0.2) is 0 Å². The smallest absolute Gasteiger partial charge is 0.0409 e. The van der Waals surface area contributed by atoms with Crippen molar-refractivity contribution >= 4 is 22.4 Å². The predicted octanol–water partition coefficient (Wildman–Crippen LogP) is 7.95. The third kappa shape index (κ3) is 3.02. The van der Waals surface area contributed by atoms with E-state index >= 15 is 0 Å². The van der Waals surface area contributed by atoms with E-state index in [4.69, 9.17) is 11.6 Å². The van der Waals surface area contributed by atoms with Crippen molar-refractivity contribution in [2.75, 3.05) is 0 Å². The van der Waals surface area contributed by atoms with Gasteiger partial charge in [-0.05, 0) is 56.6 Å². The molecule has 4 aromatic carbocycles. The maximum absolute atomic E-state index is 6.29. The van der Waals surface area contributed by atoms with Gasteiger partial charge in [0.1, 0.15) is 0 Å². The van der Waals surface area contributed by atoms with E-state index in [0.717, 1.165) is 5.02 Å². The molecule has 0 spiro atoms. The number of halogens is 1. The molecule has 0 N–H and O–H groups in total. The van der Waals surface area contributed by atoms with Gasteiger partial charge in [0.2, 0.25) is 0 Å². The van der Waals surface area contributed by atoms with Crippen LogP contribution in [0.25, 0.3) is 33.0 Å². The predicted molar refractivity (Wildman–Crippen MR) is 114 cm³/mol. The fourth-order valence-electron chi connectivity index (χ4n) is 3.68. The Bertz CT molecular complexity index is 1060. The fraction of sp³-hybridized carbons (Fsp3) is 0.120. The van der Waals surface area contributed by atoms with Crippen LogP contribution >= 0.6 is 11.6 Å². The van der Waals surface area contributed by atoms with Gasteiger partial charge in [-0.15, -0.1) is 0 Å². The number of hydrogen-bond acceptors (Lipinski definition) is 0. The molecule has 0 saturated heterocycles. The highest BCUT2D eigenvalue weighted by Gasteiger charge is 2.14. The molecule has 0 aliphatic rings. The fourth-order valence-corrected chi connectivity index (χ4v) is 3.86. The van der Waals surface area contributed by atoms with Gasteiger partial charge in [-0.1, -0.05) is 98.2 Å². The molecule has 0 unspecified atom stereocenters. The van der Waals surface area contributed by atoms with Crippen molar-refractivity contribution in [3.63, 3.8) is 0 Å². The first kappa shape index (κ1) is 16.9. The van der Waals surface area contributed by atoms with Crippen molar-refractivity contribution in [1.82, 2.24) is 0 Å². The molecule has 0 saturated carbocycles. The molecule has 0 aliphatic heterocycles. The van der Waals surface area contributed by atoms with Gasteiger partial charge in [0.05, 0.1) is 0 Å². The standard InChI is InChI=1S/C25H21Cl/c1-17(2)24-16-20(26)14-15-22(24)23-13-7-11-19-10-6-12-21(25(19)23)18-8-4-3-5-9-18/h3-17H,1-2H3. The highest BCUT2D eigenvalue weighted by Crippen LogP contribution is 2.39. The molecule has 0 bridgehead atoms. The van der Waals surface area contributed by atoms with Crippen molar-refractivity contribution in [2.45, 2.75) is 19.8 Å². The SMILES string of the molecule is CC(C)c1cc(Cl)ccc1-c1cccc2cccc(-c3ccccc3)c12. The highest BCUT2D eigenvalue weighted by atomic mass is 35.5. The summed E-state index contributed by atoms with van der Waals surface area (Å²) in [4.78, 5) is 0. The van der Waals surface area contributed by atoms with Crippen LogP contribution in [0.2, 0.25) is 5.02 Å². The second-order valence-electron chi connectivity index (χ2n) is 6.96. The lowest BCUT2D eigenvalue weighted by molar-refractivity contribution is 0.869. The van der Waals surface area contributed by atoms with E-state index in [-0.39, 0.29) is 0 Å². The van der Waals surface area contributed by atoms with E-state index in [1.54, 1.807) is 0 Å². The molecule has 0 atom stereocenters. The van der Waals surface area contributed by atoms with Crippen LogP contribution in [0.5, 0.6) is 0 Å². The second-order valence-corrected chi connectivity index (χ2v) is 7.40. The molecule has 0 nitrogen and oxygen atoms in total. The van der Waals surface area contributed by atoms with Gasteiger partial charge in [0.25, 0.3) is 0 Å². The van der Waals surface area contributed by atoms with Crippen LogP contribution in [0, 0.1) is 0 Å². The van der Waals surface area contributed by atoms with E-state index in [0.29, 0.717) is 5.92 Å². The van der Waals surface area contributed by atoms with Crippen LogP contribution in [0.1, 0.15) is 25.3 Å². The maximum atomic E-state index is 6.29. The Morgan fingerprint density at radius 1 is 0.654 bits per heavy atom. The first-order valence-electron chi connectivity index (χ1n) is 9.02. The summed E-state index contributed by atoms with van der Waals surface area (Å²) in [7, 11) is 0. The molecule has 128 valence electrons. The van der Waals surface area contributed by atoms with Crippen LogP contribution in [-0.2, 0) is 0 Å². The molecule has 1 heteroatoms. The summed E-state index contributed by atoms with van der Waals surface area (Å²) < 4.78 is 0. The van der Waals surface area contributed by atoms with Crippen molar-refractivity contribution in [1.29, 1.82) is 0 Å². The lowest BCUT2D eigenvalue weighted by atomic mass is 9.87. The third-order valence-corrected chi connectivity index (χ3v) is 5.15. The Hall–Kier alpha value is -2.57. The van der Waals surface area contributed by atoms with Gasteiger partial charge in [-0.2, -0.15) is 0 Å². The number of fused-ring (bicyclic) bond motifs is 1. The van der Waals surface area contributed by atoms with Crippen molar-refractivity contribution in [2.24, 2.45) is 0 Å². The molecule has 0 heterocycles. The molecular formula is C25H21Cl. The summed E-state index contributed by atoms with van der Waals surface area (Å²) in [5.74, 6) is 0.405. The normalized spacial score (nSPS) is 11.2. The lowest BCUT2D eigenvalue weighted by Gasteiger charge is -2.17. The summed E-state index contributed by atoms with van der Waals surface area (Å²) in [6.07, 6.45) is 0. The van der Waals surface area contributed by atoms with Gasteiger partial charge in [0, 0.05) is 5.02 Å². The van der Waals surface area contributed by atoms with Gasteiger partial charge in [0.15, 0.2) is 0 Å². The largest absolute Gasteiger partial charge is 0.0843 e. The molecule has 26 heavy (non-hydrogen) atoms. The maximum Gasteiger partial charge on any atom is 0.0409 e. The Morgan fingerprint density at radius 3 is 2.04 bits per heavy atom. The number of rotatable bonds is 3. The minimum absolute atomic E-state index is 0.405. The van der Waals surface area contributed by atoms with E-state index < -0.39 is 0 Å². The summed E-state index contributed by atoms with van der Waals surface area (Å²) in [6.45, 7) is 4.44. The Morgan fingerprint density at radius 2 is 1.35 bits per heavy atom. The first-order chi connectivity index (χ1) is 12.6. The average molecular weight is 357 g/mol. The third-order valence-electron chi connectivity index (χ3n) is 4.92. The topological polar surface area (TPSA) is 0 Å². The summed E-state index contributed by atoms with van der Waals surface area (Å²) in [6, 6.07) is 30.0. The molecule has 0 radical (unpaired) electrons. The lowest BCUT2D eigenvalue weighted by Crippen LogP contribution is -1.94. The summed E-state index contributed by atoms with van der Waals surface area (Å²) >= 11 is 6.29. The molecule has 0 aliphatic carbocycles. The Kier molecular flexibility index (Phi) is 4.53. The van der Waals surface area contributed by atoms with E-state index in [2.05, 4.69) is 92.7 Å². The minimum atomic E-state index is 0.405. The zero-order chi connectivity index (χ0) is 18.1. The zero-order valence-corrected chi connectivity index (χ0v) is 15.8. The zero-order valence-electron chi connectivity index (χ0n) is 15.0. The van der Waals surface area contributed by atoms with E-state index in [1.165, 1.54) is 38.6 Å². The van der Waals surface area contributed by atoms with E-state index in [1.807, 2.05) is 6.07 Å². The second kappa shape index (κ2) is 6.97. The molecule has 4 aromatic rings. The van der Waals surface area contributed by atoms with Gasteiger partial charge < -0.3 is 0 Å². The quantitative estimate of drug-likeness (QED) is 0.349. The summed E-state index contributed by atoms with van der Waals surface area (Å²) in [5, 5.41) is 3.35. The minimum Gasteiger partial charge on any atom is -0.0843 e. The van der Waals surface area contributed by atoms with Crippen molar-refractivity contribution in [3.05, 3.63) is 95.5 Å². The van der Waals surface area contributed by atoms with Crippen LogP contribution < -0.4 is 0 Å². The first-order valence-corrected chi connectivity index (χ1v) is 9.40. The summed E-state index contributed by atoms with van der Waals surface area (Å²) in [5.41, 5.74) is 6.32. The van der Waals surface area contributed by atoms with Crippen molar-refractivity contribution < 1.29 is 0 Å². The van der Waals surface area contributed by atoms with Gasteiger partial charge in [-0.25, -0.2) is 0 Å². The molecule has 0 aromatic heterocycles. The molecule has 0 fully saturated rings. The average Bonchev–Trinajstić information content (AvgIpc) is 2.67. The number of benzene rings is 4. The highest BCUT2D eigenvalue weighted by molar-refractivity contribution is 6.30. The Labute approximate surface area is 160 Å². The van der Waals surface area contributed by atoms with Gasteiger partial charge >= 0.3 is 0 Å². The van der Waals surface area contributed by atoms with E-state index in [9.17, 15) is 0 Å². The van der Waals surface area contributed by atoms with Crippen LogP contribution in [0.4, 0.5) is 0 Å². The van der Waals surface area contributed by atoms with Crippen LogP contribution in [0.3, 0.4) is 0 Å². The van der Waals surface area contributed by atoms with Crippen molar-refractivity contribution in [3.8, 4) is 22.3 Å². The molecule has 4 rings (SSSR count).